The zero-order valence-corrected chi connectivity index (χ0v) is 10.3. The zero-order chi connectivity index (χ0) is 12.2. The summed E-state index contributed by atoms with van der Waals surface area (Å²) >= 11 is 0. The van der Waals surface area contributed by atoms with E-state index in [1.165, 1.54) is 0 Å². The van der Waals surface area contributed by atoms with E-state index < -0.39 is 0 Å². The molecular weight excluding hydrogens is 200 g/mol. The Morgan fingerprint density at radius 1 is 1.12 bits per heavy atom. The molecule has 0 atom stereocenters. The van der Waals surface area contributed by atoms with Crippen molar-refractivity contribution in [1.82, 2.24) is 5.32 Å². The van der Waals surface area contributed by atoms with E-state index in [-0.39, 0.29) is 6.42 Å². The summed E-state index contributed by atoms with van der Waals surface area (Å²) in [6.07, 6.45) is 6.60. The molecule has 0 aromatic carbocycles. The van der Waals surface area contributed by atoms with Gasteiger partial charge in [-0.1, -0.05) is 26.7 Å². The number of nitrogens with one attached hydrogen (secondary N) is 1. The third-order valence-electron chi connectivity index (χ3n) is 2.39. The van der Waals surface area contributed by atoms with E-state index in [1.807, 2.05) is 6.19 Å². The second-order valence-electron chi connectivity index (χ2n) is 3.71. The Bertz CT molecular complexity index is 265. The molecule has 0 aliphatic heterocycles. The van der Waals surface area contributed by atoms with Gasteiger partial charge in [-0.05, 0) is 12.8 Å². The molecule has 0 fully saturated rings. The molecule has 0 aromatic heterocycles. The highest BCUT2D eigenvalue weighted by molar-refractivity contribution is 5.80. The van der Waals surface area contributed by atoms with Crippen molar-refractivity contribution < 1.29 is 4.58 Å². The van der Waals surface area contributed by atoms with Crippen LogP contribution in [0.25, 0.3) is 0 Å². The maximum Gasteiger partial charge on any atom is 0.288 e. The Kier molecular flexibility index (Phi) is 9.02. The summed E-state index contributed by atoms with van der Waals surface area (Å²) in [4.78, 5) is 0. The second-order valence-corrected chi connectivity index (χ2v) is 3.71. The summed E-state index contributed by atoms with van der Waals surface area (Å²) in [6, 6.07) is 2.09. The fraction of sp³-hybridized carbons (Fsp3) is 0.750. The maximum absolute atomic E-state index is 8.72. The quantitative estimate of drug-likeness (QED) is 0.235. The highest BCUT2D eigenvalue weighted by Gasteiger charge is 2.12. The molecule has 0 heterocycles. The van der Waals surface area contributed by atoms with Gasteiger partial charge < -0.3 is 0 Å². The summed E-state index contributed by atoms with van der Waals surface area (Å²) < 4.78 is 2.12. The lowest BCUT2D eigenvalue weighted by molar-refractivity contribution is -0.531. The molecule has 0 saturated heterocycles. The van der Waals surface area contributed by atoms with Gasteiger partial charge in [0.15, 0.2) is 0 Å². The fourth-order valence-corrected chi connectivity index (χ4v) is 1.45. The fourth-order valence-electron chi connectivity index (χ4n) is 1.45. The van der Waals surface area contributed by atoms with Crippen molar-refractivity contribution in [1.29, 1.82) is 10.5 Å². The molecule has 0 aliphatic rings. The Morgan fingerprint density at radius 2 is 1.69 bits per heavy atom. The number of hydrogen-bond acceptors (Lipinski definition) is 2. The molecule has 16 heavy (non-hydrogen) atoms. The zero-order valence-electron chi connectivity index (χ0n) is 10.3. The summed E-state index contributed by atoms with van der Waals surface area (Å²) in [5, 5.41) is 20.0. The molecule has 0 saturated carbocycles. The van der Waals surface area contributed by atoms with Gasteiger partial charge in [0, 0.05) is 0 Å². The van der Waals surface area contributed by atoms with Gasteiger partial charge in [0.2, 0.25) is 0 Å². The molecule has 4 heteroatoms. The Labute approximate surface area is 98.2 Å². The Morgan fingerprint density at radius 3 is 2.06 bits per heavy atom. The van der Waals surface area contributed by atoms with Gasteiger partial charge >= 0.3 is 0 Å². The average Bonchev–Trinajstić information content (AvgIpc) is 2.29. The molecule has 0 aromatic rings. The van der Waals surface area contributed by atoms with Crippen LogP contribution in [0.1, 0.15) is 46.0 Å². The largest absolute Gasteiger partial charge is 0.288 e. The lowest BCUT2D eigenvalue weighted by Crippen LogP contribution is -2.32. The van der Waals surface area contributed by atoms with Crippen molar-refractivity contribution in [3.05, 3.63) is 0 Å². The van der Waals surface area contributed by atoms with Crippen LogP contribution in [0.2, 0.25) is 0 Å². The van der Waals surface area contributed by atoms with Gasteiger partial charge in [0.05, 0.1) is 19.2 Å². The Balaban J connectivity index is 4.65. The summed E-state index contributed by atoms with van der Waals surface area (Å²) in [5.41, 5.74) is 0. The predicted octanol–water partition coefficient (Wildman–Crippen LogP) is 1.98. The lowest BCUT2D eigenvalue weighted by Gasteiger charge is -2.08. The third kappa shape index (κ3) is 6.03. The topological polar surface area (TPSA) is 62.6 Å². The average molecular weight is 221 g/mol. The molecule has 0 spiro atoms. The SMILES string of the molecule is CCCC[N+](CCCC)=C(CC#N)NC#N. The monoisotopic (exact) mass is 221 g/mol. The van der Waals surface area contributed by atoms with Crippen molar-refractivity contribution in [3.8, 4) is 12.3 Å². The summed E-state index contributed by atoms with van der Waals surface area (Å²) in [5.74, 6) is 0.743. The minimum Gasteiger partial charge on any atom is -0.264 e. The van der Waals surface area contributed by atoms with Crippen LogP contribution in [-0.4, -0.2) is 23.5 Å². The number of nitrogens with zero attached hydrogens (tertiary/aromatic N) is 3. The van der Waals surface area contributed by atoms with Crippen LogP contribution in [0, 0.1) is 22.8 Å². The van der Waals surface area contributed by atoms with Crippen molar-refractivity contribution in [2.24, 2.45) is 0 Å². The minimum atomic E-state index is 0.279. The van der Waals surface area contributed by atoms with Crippen molar-refractivity contribution >= 4 is 5.84 Å². The van der Waals surface area contributed by atoms with E-state index in [2.05, 4.69) is 29.8 Å². The molecule has 0 rings (SSSR count). The van der Waals surface area contributed by atoms with E-state index in [4.69, 9.17) is 10.5 Å². The van der Waals surface area contributed by atoms with E-state index >= 15 is 0 Å². The van der Waals surface area contributed by atoms with Crippen molar-refractivity contribution in [2.75, 3.05) is 13.1 Å². The van der Waals surface area contributed by atoms with Gasteiger partial charge in [-0.25, -0.2) is 0 Å². The number of unbranched alkanes of at least 4 members (excludes halogenated alkanes) is 2. The van der Waals surface area contributed by atoms with Crippen LogP contribution in [0.5, 0.6) is 0 Å². The first kappa shape index (κ1) is 14.5. The van der Waals surface area contributed by atoms with Gasteiger partial charge in [-0.2, -0.15) is 10.6 Å². The van der Waals surface area contributed by atoms with Gasteiger partial charge in [-0.15, -0.1) is 5.26 Å². The molecule has 0 amide bonds. The first-order chi connectivity index (χ1) is 7.79. The van der Waals surface area contributed by atoms with E-state index in [0.29, 0.717) is 0 Å². The van der Waals surface area contributed by atoms with Crippen LogP contribution in [0.3, 0.4) is 0 Å². The normalized spacial score (nSPS) is 9.00. The van der Waals surface area contributed by atoms with Crippen LogP contribution >= 0.6 is 0 Å². The van der Waals surface area contributed by atoms with Crippen molar-refractivity contribution in [2.45, 2.75) is 46.0 Å². The molecule has 0 aliphatic carbocycles. The molecule has 88 valence electrons. The first-order valence-electron chi connectivity index (χ1n) is 5.92. The van der Waals surface area contributed by atoms with Gasteiger partial charge in [0.25, 0.3) is 12.0 Å². The van der Waals surface area contributed by atoms with Gasteiger partial charge in [0.1, 0.15) is 6.42 Å². The number of rotatable bonds is 7. The molecule has 0 bridgehead atoms. The highest BCUT2D eigenvalue weighted by atomic mass is 15.1. The molecule has 0 unspecified atom stereocenters. The number of hydrogen-bond donors (Lipinski definition) is 1. The van der Waals surface area contributed by atoms with E-state index in [1.54, 1.807) is 0 Å². The summed E-state index contributed by atoms with van der Waals surface area (Å²) in [7, 11) is 0. The molecular formula is C12H21N4+. The van der Waals surface area contributed by atoms with Crippen LogP contribution in [0.4, 0.5) is 0 Å². The standard InChI is InChI=1S/C12H20N4/c1-3-5-9-16(10-6-4-2)12(7-8-13)15-11-14/h3-7,9-10H2,1-2H3/p+1. The number of amidine groups is 1. The van der Waals surface area contributed by atoms with Gasteiger partial charge in [-0.3, -0.25) is 4.58 Å². The lowest BCUT2D eigenvalue weighted by atomic mass is 10.2. The van der Waals surface area contributed by atoms with Crippen LogP contribution in [0.15, 0.2) is 0 Å². The predicted molar refractivity (Wildman–Crippen MR) is 63.8 cm³/mol. The van der Waals surface area contributed by atoms with Crippen LogP contribution < -0.4 is 5.32 Å². The molecule has 1 N–H and O–H groups in total. The van der Waals surface area contributed by atoms with E-state index in [9.17, 15) is 0 Å². The Hall–Kier alpha value is -1.55. The molecule has 0 radical (unpaired) electrons. The summed E-state index contributed by atoms with van der Waals surface area (Å²) in [6.45, 7) is 6.11. The highest BCUT2D eigenvalue weighted by Crippen LogP contribution is 1.95. The van der Waals surface area contributed by atoms with Crippen molar-refractivity contribution in [3.63, 3.8) is 0 Å². The van der Waals surface area contributed by atoms with Crippen LogP contribution in [-0.2, 0) is 0 Å². The smallest absolute Gasteiger partial charge is 0.264 e. The first-order valence-corrected chi connectivity index (χ1v) is 5.92. The molecule has 4 nitrogen and oxygen atoms in total. The second kappa shape index (κ2) is 9.98. The van der Waals surface area contributed by atoms with E-state index in [0.717, 1.165) is 44.6 Å². The minimum absolute atomic E-state index is 0.279. The number of nitriles is 2. The maximum atomic E-state index is 8.72. The third-order valence-corrected chi connectivity index (χ3v) is 2.39.